The van der Waals surface area contributed by atoms with Gasteiger partial charge in [-0.1, -0.05) is 36.4 Å². The Hall–Kier alpha value is -4.09. The van der Waals surface area contributed by atoms with Gasteiger partial charge in [0.05, 0.1) is 36.1 Å². The summed E-state index contributed by atoms with van der Waals surface area (Å²) in [7, 11) is 1.49. The van der Waals surface area contributed by atoms with Gasteiger partial charge in [0.1, 0.15) is 5.75 Å². The SMILES string of the molecule is COc1ccc(C#N)cc1NC(=O)c1ccccc1-c1ccccc1C#N. The summed E-state index contributed by atoms with van der Waals surface area (Å²) in [6.45, 7) is 0. The zero-order chi connectivity index (χ0) is 19.2. The molecule has 0 saturated heterocycles. The molecular weight excluding hydrogens is 338 g/mol. The molecule has 0 aliphatic heterocycles. The molecule has 0 aliphatic rings. The largest absolute Gasteiger partial charge is 0.495 e. The number of nitrogens with zero attached hydrogens (tertiary/aromatic N) is 2. The van der Waals surface area contributed by atoms with E-state index in [0.29, 0.717) is 39.3 Å². The molecule has 0 saturated carbocycles. The van der Waals surface area contributed by atoms with E-state index in [1.807, 2.05) is 24.3 Å². The van der Waals surface area contributed by atoms with Gasteiger partial charge in [0.15, 0.2) is 0 Å². The predicted octanol–water partition coefficient (Wildman–Crippen LogP) is 4.36. The molecule has 3 aromatic carbocycles. The van der Waals surface area contributed by atoms with E-state index in [-0.39, 0.29) is 5.91 Å². The van der Waals surface area contributed by atoms with Gasteiger partial charge in [-0.2, -0.15) is 10.5 Å². The normalized spacial score (nSPS) is 9.74. The first-order valence-corrected chi connectivity index (χ1v) is 8.16. The highest BCUT2D eigenvalue weighted by atomic mass is 16.5. The molecule has 1 amide bonds. The number of rotatable bonds is 4. The number of nitriles is 2. The number of carbonyl (C=O) groups excluding carboxylic acids is 1. The third-order valence-electron chi connectivity index (χ3n) is 4.09. The molecule has 3 rings (SSSR count). The van der Waals surface area contributed by atoms with Crippen LogP contribution in [-0.4, -0.2) is 13.0 Å². The lowest BCUT2D eigenvalue weighted by molar-refractivity contribution is 0.102. The van der Waals surface area contributed by atoms with Crippen LogP contribution in [-0.2, 0) is 0 Å². The van der Waals surface area contributed by atoms with E-state index < -0.39 is 0 Å². The Kier molecular flexibility index (Phi) is 5.16. The zero-order valence-electron chi connectivity index (χ0n) is 14.6. The summed E-state index contributed by atoms with van der Waals surface area (Å²) in [5.41, 5.74) is 3.07. The highest BCUT2D eigenvalue weighted by Crippen LogP contribution is 2.30. The first-order chi connectivity index (χ1) is 13.2. The van der Waals surface area contributed by atoms with E-state index in [1.165, 1.54) is 7.11 Å². The van der Waals surface area contributed by atoms with E-state index in [0.717, 1.165) is 0 Å². The fraction of sp³-hybridized carbons (Fsp3) is 0.0455. The summed E-state index contributed by atoms with van der Waals surface area (Å²) in [5.74, 6) is 0.101. The van der Waals surface area contributed by atoms with E-state index in [1.54, 1.807) is 48.5 Å². The number of amides is 1. The van der Waals surface area contributed by atoms with Crippen molar-refractivity contribution in [2.45, 2.75) is 0 Å². The van der Waals surface area contributed by atoms with Crippen LogP contribution in [0.3, 0.4) is 0 Å². The van der Waals surface area contributed by atoms with Crippen molar-refractivity contribution >= 4 is 11.6 Å². The lowest BCUT2D eigenvalue weighted by atomic mass is 9.95. The van der Waals surface area contributed by atoms with E-state index >= 15 is 0 Å². The molecule has 0 radical (unpaired) electrons. The molecule has 0 atom stereocenters. The fourth-order valence-electron chi connectivity index (χ4n) is 2.80. The highest BCUT2D eigenvalue weighted by Gasteiger charge is 2.16. The number of nitrogens with one attached hydrogen (secondary N) is 1. The van der Waals surface area contributed by atoms with Crippen LogP contribution in [0, 0.1) is 22.7 Å². The summed E-state index contributed by atoms with van der Waals surface area (Å²) in [6.07, 6.45) is 0. The van der Waals surface area contributed by atoms with Gasteiger partial charge in [0.2, 0.25) is 0 Å². The average molecular weight is 353 g/mol. The molecule has 0 aliphatic carbocycles. The number of benzene rings is 3. The van der Waals surface area contributed by atoms with E-state index in [9.17, 15) is 10.1 Å². The van der Waals surface area contributed by atoms with Crippen molar-refractivity contribution in [1.29, 1.82) is 10.5 Å². The molecule has 0 unspecified atom stereocenters. The lowest BCUT2D eigenvalue weighted by Crippen LogP contribution is -2.14. The molecule has 5 heteroatoms. The molecule has 5 nitrogen and oxygen atoms in total. The maximum atomic E-state index is 12.9. The van der Waals surface area contributed by atoms with E-state index in [4.69, 9.17) is 10.00 Å². The van der Waals surface area contributed by atoms with Crippen LogP contribution in [0.4, 0.5) is 5.69 Å². The maximum Gasteiger partial charge on any atom is 0.256 e. The zero-order valence-corrected chi connectivity index (χ0v) is 14.6. The van der Waals surface area contributed by atoms with Crippen molar-refractivity contribution < 1.29 is 9.53 Å². The van der Waals surface area contributed by atoms with Crippen LogP contribution in [0.1, 0.15) is 21.5 Å². The van der Waals surface area contributed by atoms with Crippen LogP contribution >= 0.6 is 0 Å². The first-order valence-electron chi connectivity index (χ1n) is 8.16. The van der Waals surface area contributed by atoms with Gasteiger partial charge >= 0.3 is 0 Å². The standard InChI is InChI=1S/C22H15N3O2/c1-27-21-11-10-15(13-23)12-20(21)25-22(26)19-9-5-4-8-18(19)17-7-3-2-6-16(17)14-24/h2-12H,1H3,(H,25,26). The topological polar surface area (TPSA) is 85.9 Å². The Balaban J connectivity index is 2.03. The number of hydrogen-bond acceptors (Lipinski definition) is 4. The number of anilines is 1. The van der Waals surface area contributed by atoms with Gasteiger partial charge in [0.25, 0.3) is 5.91 Å². The second kappa shape index (κ2) is 7.86. The summed E-state index contributed by atoms with van der Waals surface area (Å²) in [4.78, 5) is 12.9. The lowest BCUT2D eigenvalue weighted by Gasteiger charge is -2.13. The van der Waals surface area contributed by atoms with Crippen LogP contribution in [0.2, 0.25) is 0 Å². The smallest absolute Gasteiger partial charge is 0.256 e. The fourth-order valence-corrected chi connectivity index (χ4v) is 2.80. The van der Waals surface area contributed by atoms with Crippen molar-refractivity contribution in [3.05, 3.63) is 83.4 Å². The summed E-state index contributed by atoms with van der Waals surface area (Å²) >= 11 is 0. The number of methoxy groups -OCH3 is 1. The quantitative estimate of drug-likeness (QED) is 0.755. The summed E-state index contributed by atoms with van der Waals surface area (Å²) in [5, 5.41) is 21.3. The Morgan fingerprint density at radius 2 is 1.63 bits per heavy atom. The minimum atomic E-state index is -0.355. The summed E-state index contributed by atoms with van der Waals surface area (Å²) < 4.78 is 5.27. The monoisotopic (exact) mass is 353 g/mol. The third kappa shape index (κ3) is 3.63. The molecular formula is C22H15N3O2. The maximum absolute atomic E-state index is 12.9. The van der Waals surface area contributed by atoms with Crippen molar-refractivity contribution in [2.24, 2.45) is 0 Å². The van der Waals surface area contributed by atoms with Gasteiger partial charge in [-0.05, 0) is 35.9 Å². The van der Waals surface area contributed by atoms with Crippen molar-refractivity contribution in [3.63, 3.8) is 0 Å². The van der Waals surface area contributed by atoms with Crippen LogP contribution in [0.25, 0.3) is 11.1 Å². The average Bonchev–Trinajstić information content (AvgIpc) is 2.73. The number of hydrogen-bond donors (Lipinski definition) is 1. The molecule has 27 heavy (non-hydrogen) atoms. The molecule has 0 aromatic heterocycles. The Labute approximate surface area is 157 Å². The second-order valence-corrected chi connectivity index (χ2v) is 5.68. The van der Waals surface area contributed by atoms with Crippen LogP contribution < -0.4 is 10.1 Å². The molecule has 0 spiro atoms. The molecule has 0 heterocycles. The van der Waals surface area contributed by atoms with Crippen molar-refractivity contribution in [2.75, 3.05) is 12.4 Å². The minimum Gasteiger partial charge on any atom is -0.495 e. The van der Waals surface area contributed by atoms with Crippen molar-refractivity contribution in [1.82, 2.24) is 0 Å². The second-order valence-electron chi connectivity index (χ2n) is 5.68. The van der Waals surface area contributed by atoms with Crippen molar-refractivity contribution in [3.8, 4) is 29.0 Å². The summed E-state index contributed by atoms with van der Waals surface area (Å²) in [6, 6.07) is 23.2. The molecule has 1 N–H and O–H groups in total. The van der Waals surface area contributed by atoms with Gasteiger partial charge < -0.3 is 10.1 Å². The number of ether oxygens (including phenoxy) is 1. The number of carbonyl (C=O) groups is 1. The minimum absolute atomic E-state index is 0.355. The van der Waals surface area contributed by atoms with Gasteiger partial charge in [0, 0.05) is 11.1 Å². The highest BCUT2D eigenvalue weighted by molar-refractivity contribution is 6.09. The van der Waals surface area contributed by atoms with E-state index in [2.05, 4.69) is 11.4 Å². The molecule has 3 aromatic rings. The van der Waals surface area contributed by atoms with Gasteiger partial charge in [-0.25, -0.2) is 0 Å². The van der Waals surface area contributed by atoms with Crippen LogP contribution in [0.5, 0.6) is 5.75 Å². The van der Waals surface area contributed by atoms with Gasteiger partial charge in [-0.15, -0.1) is 0 Å². The Morgan fingerprint density at radius 3 is 2.33 bits per heavy atom. The van der Waals surface area contributed by atoms with Crippen LogP contribution in [0.15, 0.2) is 66.7 Å². The predicted molar refractivity (Wildman–Crippen MR) is 102 cm³/mol. The Bertz CT molecular complexity index is 1090. The molecule has 130 valence electrons. The third-order valence-corrected chi connectivity index (χ3v) is 4.09. The molecule has 0 fully saturated rings. The first kappa shape index (κ1) is 17.7. The molecule has 0 bridgehead atoms. The Morgan fingerprint density at radius 1 is 0.926 bits per heavy atom. The van der Waals surface area contributed by atoms with Gasteiger partial charge in [-0.3, -0.25) is 4.79 Å².